The molecule has 34 heavy (non-hydrogen) atoms. The fraction of sp³-hybridized carbons (Fsp3) is 0.400. The number of fused-ring (bicyclic) bond motifs is 1. The maximum absolute atomic E-state index is 14.8. The van der Waals surface area contributed by atoms with Crippen LogP contribution in [0.2, 0.25) is 0 Å². The van der Waals surface area contributed by atoms with Crippen molar-refractivity contribution in [3.8, 4) is 5.75 Å². The summed E-state index contributed by atoms with van der Waals surface area (Å²) >= 11 is 0. The molecule has 5 rings (SSSR count). The predicted octanol–water partition coefficient (Wildman–Crippen LogP) is 2.00. The lowest BCUT2D eigenvalue weighted by atomic mass is 10.0. The van der Waals surface area contributed by atoms with Crippen LogP contribution in [0.4, 0.5) is 4.39 Å². The van der Waals surface area contributed by atoms with Crippen LogP contribution in [0.25, 0.3) is 0 Å². The van der Waals surface area contributed by atoms with Crippen LogP contribution in [0, 0.1) is 5.82 Å². The molecule has 1 unspecified atom stereocenters. The first kappa shape index (κ1) is 21.2. The van der Waals surface area contributed by atoms with Crippen molar-refractivity contribution in [1.29, 1.82) is 0 Å². The van der Waals surface area contributed by atoms with Gasteiger partial charge < -0.3 is 14.4 Å². The minimum atomic E-state index is -1.87. The fourth-order valence-electron chi connectivity index (χ4n) is 4.50. The molecule has 2 fully saturated rings. The summed E-state index contributed by atoms with van der Waals surface area (Å²) in [4.78, 5) is 40.3. The first-order valence-corrected chi connectivity index (χ1v) is 11.3. The molecule has 3 heterocycles. The van der Waals surface area contributed by atoms with Crippen molar-refractivity contribution >= 4 is 17.7 Å². The third-order valence-electron chi connectivity index (χ3n) is 6.37. The van der Waals surface area contributed by atoms with Gasteiger partial charge in [-0.15, -0.1) is 0 Å². The molecule has 3 aliphatic rings. The number of carbonyl (C=O) groups is 3. The number of nitrogens with zero attached hydrogens (tertiary/aromatic N) is 2. The van der Waals surface area contributed by atoms with E-state index < -0.39 is 23.7 Å². The molecule has 2 aromatic rings. The number of hydrogen-bond donors (Lipinski definition) is 1. The van der Waals surface area contributed by atoms with Gasteiger partial charge in [-0.1, -0.05) is 18.2 Å². The molecule has 3 aliphatic heterocycles. The number of carbonyl (C=O) groups excluding carboxylic acids is 3. The SMILES string of the molecule is [2H]C1(N2Cc3c(OCc4ccc(CN5CCOCC5)cc4F)cccc3C2=O)CCC(=O)NC1=O. The van der Waals surface area contributed by atoms with Crippen LogP contribution in [0.3, 0.4) is 0 Å². The monoisotopic (exact) mass is 468 g/mol. The smallest absolute Gasteiger partial charge is 0.255 e. The lowest BCUT2D eigenvalue weighted by molar-refractivity contribution is -0.136. The number of rotatable bonds is 6. The standard InChI is InChI=1S/C25H26FN3O5/c26-20-12-16(13-28-8-10-33-11-9-28)4-5-17(20)15-34-22-3-1-2-18-19(22)14-29(25(18)32)21-6-7-23(30)27-24(21)31/h1-5,12,21H,6-11,13-15H2,(H,27,30,31)/i21D. The Labute approximate surface area is 198 Å². The normalized spacial score (nSPS) is 23.5. The van der Waals surface area contributed by atoms with Crippen molar-refractivity contribution in [1.82, 2.24) is 15.1 Å². The van der Waals surface area contributed by atoms with Gasteiger partial charge in [-0.05, 0) is 30.2 Å². The summed E-state index contributed by atoms with van der Waals surface area (Å²) in [5.74, 6) is -1.70. The number of hydrogen-bond acceptors (Lipinski definition) is 6. The number of ether oxygens (including phenoxy) is 2. The molecule has 0 aliphatic carbocycles. The molecule has 178 valence electrons. The van der Waals surface area contributed by atoms with Gasteiger partial charge in [-0.25, -0.2) is 4.39 Å². The fourth-order valence-corrected chi connectivity index (χ4v) is 4.50. The van der Waals surface area contributed by atoms with Crippen LogP contribution >= 0.6 is 0 Å². The van der Waals surface area contributed by atoms with Gasteiger partial charge >= 0.3 is 0 Å². The Bertz CT molecular complexity index is 1190. The van der Waals surface area contributed by atoms with E-state index >= 15 is 0 Å². The molecule has 0 aromatic heterocycles. The zero-order valence-corrected chi connectivity index (χ0v) is 18.6. The highest BCUT2D eigenvalue weighted by Gasteiger charge is 2.40. The number of halogens is 1. The van der Waals surface area contributed by atoms with Crippen molar-refractivity contribution in [2.24, 2.45) is 0 Å². The van der Waals surface area contributed by atoms with Gasteiger partial charge in [0, 0.05) is 42.7 Å². The van der Waals surface area contributed by atoms with E-state index in [1.54, 1.807) is 24.3 Å². The van der Waals surface area contributed by atoms with E-state index in [-0.39, 0.29) is 31.8 Å². The number of benzene rings is 2. The van der Waals surface area contributed by atoms with E-state index in [0.717, 1.165) is 23.6 Å². The Morgan fingerprint density at radius 2 is 2.00 bits per heavy atom. The summed E-state index contributed by atoms with van der Waals surface area (Å²) in [5.41, 5.74) is 2.13. The molecule has 3 amide bonds. The molecule has 0 radical (unpaired) electrons. The van der Waals surface area contributed by atoms with E-state index in [2.05, 4.69) is 10.2 Å². The minimum Gasteiger partial charge on any atom is -0.488 e. The molecular weight excluding hydrogens is 441 g/mol. The van der Waals surface area contributed by atoms with Crippen molar-refractivity contribution in [3.05, 3.63) is 64.5 Å². The van der Waals surface area contributed by atoms with Crippen molar-refractivity contribution < 1.29 is 29.6 Å². The lowest BCUT2D eigenvalue weighted by Crippen LogP contribution is -2.52. The summed E-state index contributed by atoms with van der Waals surface area (Å²) < 4.78 is 34.7. The molecule has 0 saturated carbocycles. The number of amides is 3. The van der Waals surface area contributed by atoms with Gasteiger partial charge in [0.15, 0.2) is 0 Å². The highest BCUT2D eigenvalue weighted by atomic mass is 19.1. The van der Waals surface area contributed by atoms with E-state index in [0.29, 0.717) is 42.2 Å². The number of piperidine rings is 1. The summed E-state index contributed by atoms with van der Waals surface area (Å²) in [7, 11) is 0. The maximum atomic E-state index is 14.8. The Kier molecular flexibility index (Phi) is 5.95. The zero-order chi connectivity index (χ0) is 24.6. The third-order valence-corrected chi connectivity index (χ3v) is 6.37. The van der Waals surface area contributed by atoms with Crippen LogP contribution in [0.1, 0.15) is 41.3 Å². The second-order valence-corrected chi connectivity index (χ2v) is 8.60. The summed E-state index contributed by atoms with van der Waals surface area (Å²) in [6.07, 6.45) is -0.0882. The van der Waals surface area contributed by atoms with Crippen molar-refractivity contribution in [2.75, 3.05) is 26.3 Å². The Balaban J connectivity index is 1.28. The molecule has 8 nitrogen and oxygen atoms in total. The van der Waals surface area contributed by atoms with Crippen LogP contribution in [-0.4, -0.2) is 59.8 Å². The van der Waals surface area contributed by atoms with Gasteiger partial charge in [0.1, 0.15) is 24.2 Å². The summed E-state index contributed by atoms with van der Waals surface area (Å²) in [6, 6.07) is 8.17. The lowest BCUT2D eigenvalue weighted by Gasteiger charge is -2.29. The topological polar surface area (TPSA) is 88.2 Å². The van der Waals surface area contributed by atoms with Gasteiger partial charge in [-0.3, -0.25) is 24.6 Å². The molecule has 1 N–H and O–H groups in total. The quantitative estimate of drug-likeness (QED) is 0.653. The molecule has 0 bridgehead atoms. The van der Waals surface area contributed by atoms with E-state index in [9.17, 15) is 18.8 Å². The Morgan fingerprint density at radius 1 is 1.18 bits per heavy atom. The van der Waals surface area contributed by atoms with Crippen LogP contribution in [-0.2, 0) is 34.0 Å². The third kappa shape index (κ3) is 4.53. The van der Waals surface area contributed by atoms with E-state index in [1.165, 1.54) is 6.07 Å². The van der Waals surface area contributed by atoms with Crippen LogP contribution < -0.4 is 10.1 Å². The molecule has 0 spiro atoms. The van der Waals surface area contributed by atoms with Crippen LogP contribution in [0.5, 0.6) is 5.75 Å². The Hall–Kier alpha value is -3.30. The van der Waals surface area contributed by atoms with E-state index in [4.69, 9.17) is 10.8 Å². The highest BCUT2D eigenvalue weighted by Crippen LogP contribution is 2.34. The van der Waals surface area contributed by atoms with Crippen molar-refractivity contribution in [2.45, 2.75) is 38.6 Å². The van der Waals surface area contributed by atoms with Gasteiger partial charge in [0.05, 0.1) is 21.1 Å². The first-order valence-electron chi connectivity index (χ1n) is 11.8. The largest absolute Gasteiger partial charge is 0.488 e. The summed E-state index contributed by atoms with van der Waals surface area (Å²) in [5, 5.41) is 2.15. The predicted molar refractivity (Wildman–Crippen MR) is 119 cm³/mol. The minimum absolute atomic E-state index is 0.00355. The van der Waals surface area contributed by atoms with E-state index in [1.807, 2.05) is 6.07 Å². The Morgan fingerprint density at radius 3 is 2.76 bits per heavy atom. The number of imide groups is 1. The highest BCUT2D eigenvalue weighted by molar-refractivity contribution is 6.05. The molecular formula is C25H26FN3O5. The summed E-state index contributed by atoms with van der Waals surface area (Å²) in [6.45, 7) is 3.61. The van der Waals surface area contributed by atoms with Gasteiger partial charge in [-0.2, -0.15) is 0 Å². The average Bonchev–Trinajstić information content (AvgIpc) is 3.20. The van der Waals surface area contributed by atoms with Gasteiger partial charge in [0.2, 0.25) is 11.8 Å². The molecule has 2 aromatic carbocycles. The second-order valence-electron chi connectivity index (χ2n) is 8.60. The first-order chi connectivity index (χ1) is 16.8. The average molecular weight is 469 g/mol. The molecule has 1 atom stereocenters. The molecule has 9 heteroatoms. The number of nitrogens with one attached hydrogen (secondary N) is 1. The second kappa shape index (κ2) is 9.52. The maximum Gasteiger partial charge on any atom is 0.255 e. The van der Waals surface area contributed by atoms with Gasteiger partial charge in [0.25, 0.3) is 5.91 Å². The molecule has 2 saturated heterocycles. The van der Waals surface area contributed by atoms with Crippen molar-refractivity contribution in [3.63, 3.8) is 0 Å². The zero-order valence-electron chi connectivity index (χ0n) is 19.6. The van der Waals surface area contributed by atoms with Crippen LogP contribution in [0.15, 0.2) is 36.4 Å². The number of morpholine rings is 1.